The highest BCUT2D eigenvalue weighted by Gasteiger charge is 2.60. The SMILES string of the molecule is Cc1ccc(S(=O)(=O)/N=C2\OC(c3ccccc3)=CC23C(c2ccccc2C)C(c2ccccc2)=NN3c2ccccc2)cc1. The first-order chi connectivity index (χ1) is 21.9. The number of hydrazone groups is 1. The second-order valence-corrected chi connectivity index (χ2v) is 12.9. The van der Waals surface area contributed by atoms with Crippen molar-refractivity contribution >= 4 is 33.1 Å². The molecule has 2 atom stereocenters. The van der Waals surface area contributed by atoms with Gasteiger partial charge in [0.15, 0.2) is 5.54 Å². The summed E-state index contributed by atoms with van der Waals surface area (Å²) >= 11 is 0. The van der Waals surface area contributed by atoms with E-state index in [0.29, 0.717) is 5.76 Å². The molecule has 6 nitrogen and oxygen atoms in total. The second-order valence-electron chi connectivity index (χ2n) is 11.3. The average molecular weight is 610 g/mol. The van der Waals surface area contributed by atoms with Crippen LogP contribution in [0.15, 0.2) is 160 Å². The Morgan fingerprint density at radius 2 is 1.29 bits per heavy atom. The fraction of sp³-hybridized carbons (Fsp3) is 0.105. The van der Waals surface area contributed by atoms with E-state index in [1.165, 1.54) is 0 Å². The van der Waals surface area contributed by atoms with Crippen molar-refractivity contribution in [2.24, 2.45) is 9.50 Å². The average Bonchev–Trinajstić information content (AvgIpc) is 3.60. The molecule has 2 unspecified atom stereocenters. The zero-order valence-corrected chi connectivity index (χ0v) is 25.7. The summed E-state index contributed by atoms with van der Waals surface area (Å²) in [6.45, 7) is 3.98. The fourth-order valence-electron chi connectivity index (χ4n) is 6.09. The molecule has 2 heterocycles. The summed E-state index contributed by atoms with van der Waals surface area (Å²) in [6.07, 6.45) is 2.00. The molecule has 2 aliphatic heterocycles. The van der Waals surface area contributed by atoms with Crippen molar-refractivity contribution in [3.63, 3.8) is 0 Å². The molecule has 0 aromatic heterocycles. The van der Waals surface area contributed by atoms with E-state index in [2.05, 4.69) is 23.5 Å². The Kier molecular flexibility index (Phi) is 7.18. The Hall–Kier alpha value is -5.27. The predicted octanol–water partition coefficient (Wildman–Crippen LogP) is 7.91. The Morgan fingerprint density at radius 1 is 0.711 bits per heavy atom. The normalized spacial score (nSPS) is 20.3. The Bertz CT molecular complexity index is 2060. The van der Waals surface area contributed by atoms with Crippen LogP contribution in [0.5, 0.6) is 0 Å². The van der Waals surface area contributed by atoms with Crippen LogP contribution in [-0.4, -0.2) is 25.6 Å². The molecule has 2 aliphatic rings. The number of sulfonamides is 1. The van der Waals surface area contributed by atoms with Gasteiger partial charge in [-0.3, -0.25) is 0 Å². The fourth-order valence-corrected chi connectivity index (χ4v) is 7.08. The quantitative estimate of drug-likeness (QED) is 0.196. The van der Waals surface area contributed by atoms with E-state index >= 15 is 0 Å². The largest absolute Gasteiger partial charge is 0.439 e. The molecule has 0 radical (unpaired) electrons. The molecule has 0 N–H and O–H groups in total. The molecule has 5 aromatic rings. The number of hydrogen-bond donors (Lipinski definition) is 0. The number of rotatable bonds is 6. The van der Waals surface area contributed by atoms with Crippen molar-refractivity contribution in [3.8, 4) is 0 Å². The number of ether oxygens (including phenoxy) is 1. The number of anilines is 1. The summed E-state index contributed by atoms with van der Waals surface area (Å²) in [7, 11) is -4.18. The Morgan fingerprint density at radius 3 is 1.93 bits per heavy atom. The molecule has 0 amide bonds. The maximum absolute atomic E-state index is 14.0. The molecular weight excluding hydrogens is 579 g/mol. The Labute approximate surface area is 263 Å². The summed E-state index contributed by atoms with van der Waals surface area (Å²) in [5.41, 5.74) is 5.01. The van der Waals surface area contributed by atoms with Crippen molar-refractivity contribution in [2.45, 2.75) is 30.2 Å². The van der Waals surface area contributed by atoms with Crippen molar-refractivity contribution in [2.75, 3.05) is 5.01 Å². The van der Waals surface area contributed by atoms with Gasteiger partial charge in [0.25, 0.3) is 10.0 Å². The first kappa shape index (κ1) is 28.5. The van der Waals surface area contributed by atoms with Crippen LogP contribution in [0.3, 0.4) is 0 Å². The minimum absolute atomic E-state index is 0.0358. The third-order valence-corrected chi connectivity index (χ3v) is 9.60. The number of para-hydroxylation sites is 1. The lowest BCUT2D eigenvalue weighted by Crippen LogP contribution is -2.52. The van der Waals surface area contributed by atoms with E-state index < -0.39 is 21.5 Å². The highest BCUT2D eigenvalue weighted by atomic mass is 32.2. The zero-order valence-electron chi connectivity index (χ0n) is 24.9. The molecule has 0 saturated heterocycles. The predicted molar refractivity (Wildman–Crippen MR) is 180 cm³/mol. The highest BCUT2D eigenvalue weighted by molar-refractivity contribution is 7.90. The lowest BCUT2D eigenvalue weighted by molar-refractivity contribution is 0.474. The number of benzene rings is 5. The molecule has 222 valence electrons. The van der Waals surface area contributed by atoms with E-state index in [4.69, 9.17) is 9.84 Å². The molecule has 7 heteroatoms. The summed E-state index contributed by atoms with van der Waals surface area (Å²) in [4.78, 5) is 0.0911. The lowest BCUT2D eigenvalue weighted by atomic mass is 9.73. The first-order valence-corrected chi connectivity index (χ1v) is 16.2. The summed E-state index contributed by atoms with van der Waals surface area (Å²) < 4.78 is 39.2. The van der Waals surface area contributed by atoms with Crippen molar-refractivity contribution in [3.05, 3.63) is 173 Å². The molecule has 0 aliphatic carbocycles. The van der Waals surface area contributed by atoms with Crippen LogP contribution in [0, 0.1) is 13.8 Å². The summed E-state index contributed by atoms with van der Waals surface area (Å²) in [5.74, 6) is 0.0701. The molecule has 0 saturated carbocycles. The van der Waals surface area contributed by atoms with Gasteiger partial charge in [-0.1, -0.05) is 121 Å². The van der Waals surface area contributed by atoms with Gasteiger partial charge < -0.3 is 4.74 Å². The molecule has 5 aromatic carbocycles. The van der Waals surface area contributed by atoms with Gasteiger partial charge in [-0.25, -0.2) is 5.01 Å². The zero-order chi connectivity index (χ0) is 31.0. The van der Waals surface area contributed by atoms with Crippen LogP contribution in [0.4, 0.5) is 5.69 Å². The van der Waals surface area contributed by atoms with Crippen LogP contribution < -0.4 is 5.01 Å². The number of nitrogens with zero attached hydrogens (tertiary/aromatic N) is 3. The van der Waals surface area contributed by atoms with Gasteiger partial charge in [-0.05, 0) is 60.9 Å². The van der Waals surface area contributed by atoms with Gasteiger partial charge in [0, 0.05) is 5.56 Å². The highest BCUT2D eigenvalue weighted by Crippen LogP contribution is 2.52. The minimum Gasteiger partial charge on any atom is -0.439 e. The van der Waals surface area contributed by atoms with Crippen LogP contribution in [0.25, 0.3) is 5.76 Å². The lowest BCUT2D eigenvalue weighted by Gasteiger charge is -2.36. The molecule has 0 fully saturated rings. The standard InChI is InChI=1S/C38H31N3O3S/c1-27-22-24-32(25-23-27)45(42,43)40-37-38(26-34(44-37)29-15-6-3-7-16-29)35(33-21-13-12-14-28(33)2)36(30-17-8-4-9-18-30)39-41(38)31-19-10-5-11-20-31/h3-26,35H,1-2H3/b40-37-. The molecule has 45 heavy (non-hydrogen) atoms. The topological polar surface area (TPSA) is 71.3 Å². The van der Waals surface area contributed by atoms with Crippen LogP contribution in [0.1, 0.15) is 33.7 Å². The van der Waals surface area contributed by atoms with Crippen molar-refractivity contribution < 1.29 is 13.2 Å². The van der Waals surface area contributed by atoms with Gasteiger partial charge in [0.05, 0.1) is 22.2 Å². The summed E-state index contributed by atoms with van der Waals surface area (Å²) in [5, 5.41) is 7.19. The third kappa shape index (κ3) is 5.05. The van der Waals surface area contributed by atoms with Gasteiger partial charge in [-0.2, -0.15) is 13.5 Å². The molecule has 7 rings (SSSR count). The molecule has 0 bridgehead atoms. The van der Waals surface area contributed by atoms with E-state index in [1.54, 1.807) is 24.3 Å². The first-order valence-electron chi connectivity index (χ1n) is 14.8. The smallest absolute Gasteiger partial charge is 0.285 e. The maximum Gasteiger partial charge on any atom is 0.285 e. The monoisotopic (exact) mass is 609 g/mol. The van der Waals surface area contributed by atoms with Crippen molar-refractivity contribution in [1.29, 1.82) is 0 Å². The van der Waals surface area contributed by atoms with Crippen LogP contribution in [-0.2, 0) is 14.8 Å². The Balaban J connectivity index is 1.56. The van der Waals surface area contributed by atoms with E-state index in [-0.39, 0.29) is 10.8 Å². The minimum atomic E-state index is -4.18. The molecular formula is C38H31N3O3S. The third-order valence-electron chi connectivity index (χ3n) is 8.32. The van der Waals surface area contributed by atoms with Crippen molar-refractivity contribution in [1.82, 2.24) is 0 Å². The van der Waals surface area contributed by atoms with Gasteiger partial charge in [-0.15, -0.1) is 4.40 Å². The number of hydrogen-bond acceptors (Lipinski definition) is 5. The second kappa shape index (κ2) is 11.3. The maximum atomic E-state index is 14.0. The summed E-state index contributed by atoms with van der Waals surface area (Å²) in [6, 6.07) is 44.3. The van der Waals surface area contributed by atoms with Gasteiger partial charge >= 0.3 is 0 Å². The number of aryl methyl sites for hydroxylation is 2. The van der Waals surface area contributed by atoms with Gasteiger partial charge in [0.2, 0.25) is 5.90 Å². The van der Waals surface area contributed by atoms with E-state index in [9.17, 15) is 8.42 Å². The molecule has 1 spiro atoms. The van der Waals surface area contributed by atoms with Crippen LogP contribution in [0.2, 0.25) is 0 Å². The van der Waals surface area contributed by atoms with E-state index in [1.807, 2.05) is 121 Å². The van der Waals surface area contributed by atoms with E-state index in [0.717, 1.165) is 39.2 Å². The van der Waals surface area contributed by atoms with Crippen LogP contribution >= 0.6 is 0 Å². The van der Waals surface area contributed by atoms with Gasteiger partial charge in [0.1, 0.15) is 5.76 Å².